The van der Waals surface area contributed by atoms with Crippen LogP contribution in [0.4, 0.5) is 4.79 Å². The first-order valence-electron chi connectivity index (χ1n) is 8.11. The van der Waals surface area contributed by atoms with Crippen LogP contribution in [-0.4, -0.2) is 46.4 Å². The molecule has 1 atom stereocenters. The van der Waals surface area contributed by atoms with Gasteiger partial charge in [0.2, 0.25) is 5.89 Å². The van der Waals surface area contributed by atoms with Crippen LogP contribution in [0.25, 0.3) is 0 Å². The van der Waals surface area contributed by atoms with Gasteiger partial charge in [-0.2, -0.15) is 4.98 Å². The highest BCUT2D eigenvalue weighted by Gasteiger charge is 2.40. The molecule has 1 saturated carbocycles. The number of hydrogen-bond donors (Lipinski definition) is 1. The molecule has 7 nitrogen and oxygen atoms in total. The molecule has 2 heterocycles. The zero-order chi connectivity index (χ0) is 15.6. The van der Waals surface area contributed by atoms with Gasteiger partial charge in [-0.3, -0.25) is 0 Å². The summed E-state index contributed by atoms with van der Waals surface area (Å²) in [6.45, 7) is 5.67. The van der Waals surface area contributed by atoms with Gasteiger partial charge in [0.05, 0.1) is 24.8 Å². The highest BCUT2D eigenvalue weighted by molar-refractivity contribution is 5.74. The lowest BCUT2D eigenvalue weighted by Gasteiger charge is -2.40. The lowest BCUT2D eigenvalue weighted by Crippen LogP contribution is -2.55. The van der Waals surface area contributed by atoms with Crippen LogP contribution in [0.15, 0.2) is 4.52 Å². The molecule has 1 unspecified atom stereocenters. The molecule has 3 rings (SSSR count). The van der Waals surface area contributed by atoms with Gasteiger partial charge in [-0.05, 0) is 19.3 Å². The van der Waals surface area contributed by atoms with E-state index in [2.05, 4.69) is 15.5 Å². The highest BCUT2D eigenvalue weighted by atomic mass is 16.5. The summed E-state index contributed by atoms with van der Waals surface area (Å²) in [4.78, 5) is 18.6. The Hall–Kier alpha value is -1.63. The van der Waals surface area contributed by atoms with Crippen molar-refractivity contribution >= 4 is 6.03 Å². The third kappa shape index (κ3) is 3.09. The van der Waals surface area contributed by atoms with Gasteiger partial charge in [-0.25, -0.2) is 4.79 Å². The molecule has 1 aliphatic heterocycles. The zero-order valence-electron chi connectivity index (χ0n) is 13.3. The van der Waals surface area contributed by atoms with E-state index in [1.54, 1.807) is 6.92 Å². The highest BCUT2D eigenvalue weighted by Crippen LogP contribution is 2.35. The molecular formula is C15H24N4O3. The fraction of sp³-hybridized carbons (Fsp3) is 0.800. The van der Waals surface area contributed by atoms with E-state index in [0.717, 1.165) is 19.3 Å². The summed E-state index contributed by atoms with van der Waals surface area (Å²) < 4.78 is 11.0. The lowest BCUT2D eigenvalue weighted by molar-refractivity contribution is -0.0927. The average molecular weight is 308 g/mol. The topological polar surface area (TPSA) is 80.5 Å². The van der Waals surface area contributed by atoms with E-state index < -0.39 is 0 Å². The van der Waals surface area contributed by atoms with Gasteiger partial charge < -0.3 is 19.5 Å². The summed E-state index contributed by atoms with van der Waals surface area (Å²) in [6.07, 6.45) is 5.21. The summed E-state index contributed by atoms with van der Waals surface area (Å²) in [6, 6.07) is -0.281. The number of urea groups is 1. The molecule has 7 heteroatoms. The Labute approximate surface area is 130 Å². The smallest absolute Gasteiger partial charge is 0.318 e. The van der Waals surface area contributed by atoms with Crippen molar-refractivity contribution in [3.63, 3.8) is 0 Å². The van der Waals surface area contributed by atoms with Crippen molar-refractivity contribution < 1.29 is 14.1 Å². The van der Waals surface area contributed by atoms with Crippen LogP contribution < -0.4 is 5.32 Å². The van der Waals surface area contributed by atoms with Crippen molar-refractivity contribution in [3.05, 3.63) is 11.7 Å². The van der Waals surface area contributed by atoms with E-state index >= 15 is 0 Å². The largest absolute Gasteiger partial charge is 0.371 e. The maximum Gasteiger partial charge on any atom is 0.318 e. The standard InChI is InChI=1S/C15H24N4O3/c1-3-12(13-16-11(2)22-18-13)17-14(20)19-8-9-21-15(10-19)6-4-5-7-15/h12H,3-10H2,1-2H3,(H,17,20). The number of nitrogens with one attached hydrogen (secondary N) is 1. The van der Waals surface area contributed by atoms with E-state index in [1.807, 2.05) is 11.8 Å². The number of rotatable bonds is 3. The molecule has 0 bridgehead atoms. The van der Waals surface area contributed by atoms with Crippen molar-refractivity contribution in [1.29, 1.82) is 0 Å². The van der Waals surface area contributed by atoms with Gasteiger partial charge >= 0.3 is 6.03 Å². The maximum atomic E-state index is 12.6. The van der Waals surface area contributed by atoms with Crippen LogP contribution in [0.1, 0.15) is 56.8 Å². The van der Waals surface area contributed by atoms with Gasteiger partial charge in [0, 0.05) is 13.5 Å². The van der Waals surface area contributed by atoms with Crippen LogP contribution in [0, 0.1) is 6.92 Å². The normalized spacial score (nSPS) is 22.0. The lowest BCUT2D eigenvalue weighted by atomic mass is 10.00. The summed E-state index contributed by atoms with van der Waals surface area (Å²) in [7, 11) is 0. The average Bonchev–Trinajstić information content (AvgIpc) is 3.14. The molecule has 1 N–H and O–H groups in total. The van der Waals surface area contributed by atoms with Crippen molar-refractivity contribution in [2.45, 2.75) is 57.6 Å². The SMILES string of the molecule is CCC(NC(=O)N1CCOC2(CCCC2)C1)c1noc(C)n1. The minimum atomic E-state index is -0.215. The van der Waals surface area contributed by atoms with Crippen molar-refractivity contribution in [1.82, 2.24) is 20.4 Å². The van der Waals surface area contributed by atoms with Gasteiger partial charge in [0.15, 0.2) is 5.82 Å². The summed E-state index contributed by atoms with van der Waals surface area (Å²) in [5, 5.41) is 6.93. The fourth-order valence-corrected chi connectivity index (χ4v) is 3.39. The minimum absolute atomic E-state index is 0.0659. The van der Waals surface area contributed by atoms with E-state index in [9.17, 15) is 4.79 Å². The number of ether oxygens (including phenoxy) is 1. The number of carbonyl (C=O) groups is 1. The summed E-state index contributed by atoms with van der Waals surface area (Å²) in [5.41, 5.74) is -0.111. The first kappa shape index (κ1) is 15.3. The van der Waals surface area contributed by atoms with E-state index in [4.69, 9.17) is 9.26 Å². The van der Waals surface area contributed by atoms with Crippen molar-refractivity contribution in [3.8, 4) is 0 Å². The second kappa shape index (κ2) is 6.24. The molecular weight excluding hydrogens is 284 g/mol. The number of aromatic nitrogens is 2. The number of morpholine rings is 1. The number of nitrogens with zero attached hydrogens (tertiary/aromatic N) is 3. The molecule has 22 heavy (non-hydrogen) atoms. The van der Waals surface area contributed by atoms with E-state index in [-0.39, 0.29) is 17.7 Å². The quantitative estimate of drug-likeness (QED) is 0.925. The Morgan fingerprint density at radius 3 is 2.86 bits per heavy atom. The monoisotopic (exact) mass is 308 g/mol. The molecule has 2 aliphatic rings. The minimum Gasteiger partial charge on any atom is -0.371 e. The second-order valence-corrected chi connectivity index (χ2v) is 6.24. The Morgan fingerprint density at radius 1 is 1.45 bits per heavy atom. The number of hydrogen-bond acceptors (Lipinski definition) is 5. The predicted molar refractivity (Wildman–Crippen MR) is 79.3 cm³/mol. The fourth-order valence-electron chi connectivity index (χ4n) is 3.39. The third-order valence-electron chi connectivity index (χ3n) is 4.61. The Bertz CT molecular complexity index is 525. The molecule has 1 aromatic rings. The van der Waals surface area contributed by atoms with Gasteiger partial charge in [0.25, 0.3) is 0 Å². The van der Waals surface area contributed by atoms with E-state index in [0.29, 0.717) is 31.4 Å². The first-order chi connectivity index (χ1) is 10.6. The molecule has 0 radical (unpaired) electrons. The molecule has 2 amide bonds. The Kier molecular flexibility index (Phi) is 4.33. The van der Waals surface area contributed by atoms with Crippen molar-refractivity contribution in [2.75, 3.05) is 19.7 Å². The molecule has 2 fully saturated rings. The Morgan fingerprint density at radius 2 is 2.23 bits per heavy atom. The van der Waals surface area contributed by atoms with E-state index in [1.165, 1.54) is 12.8 Å². The molecule has 1 spiro atoms. The van der Waals surface area contributed by atoms with Crippen LogP contribution in [-0.2, 0) is 4.74 Å². The van der Waals surface area contributed by atoms with Crippen LogP contribution in [0.5, 0.6) is 0 Å². The molecule has 1 saturated heterocycles. The van der Waals surface area contributed by atoms with Gasteiger partial charge in [-0.1, -0.05) is 24.9 Å². The third-order valence-corrected chi connectivity index (χ3v) is 4.61. The second-order valence-electron chi connectivity index (χ2n) is 6.24. The molecule has 122 valence electrons. The first-order valence-corrected chi connectivity index (χ1v) is 8.11. The Balaban J connectivity index is 1.63. The summed E-state index contributed by atoms with van der Waals surface area (Å²) >= 11 is 0. The van der Waals surface area contributed by atoms with Crippen molar-refractivity contribution in [2.24, 2.45) is 0 Å². The van der Waals surface area contributed by atoms with Crippen LogP contribution in [0.2, 0.25) is 0 Å². The zero-order valence-corrected chi connectivity index (χ0v) is 13.3. The molecule has 1 aliphatic carbocycles. The predicted octanol–water partition coefficient (Wildman–Crippen LogP) is 2.18. The summed E-state index contributed by atoms with van der Waals surface area (Å²) in [5.74, 6) is 1.05. The van der Waals surface area contributed by atoms with Crippen LogP contribution in [0.3, 0.4) is 0 Å². The molecule has 1 aromatic heterocycles. The maximum absolute atomic E-state index is 12.6. The number of aryl methyl sites for hydroxylation is 1. The van der Waals surface area contributed by atoms with Gasteiger partial charge in [-0.15, -0.1) is 0 Å². The number of amides is 2. The number of carbonyl (C=O) groups excluding carboxylic acids is 1. The van der Waals surface area contributed by atoms with Crippen LogP contribution >= 0.6 is 0 Å². The van der Waals surface area contributed by atoms with Gasteiger partial charge in [0.1, 0.15) is 0 Å². The molecule has 0 aromatic carbocycles.